The van der Waals surface area contributed by atoms with E-state index in [0.29, 0.717) is 11.4 Å². The molecule has 0 spiro atoms. The molecule has 0 aliphatic rings. The topological polar surface area (TPSA) is 30.0 Å². The van der Waals surface area contributed by atoms with Crippen LogP contribution in [0, 0.1) is 11.8 Å². The number of carbonyl (C=O) groups is 1. The maximum atomic E-state index is 10.9. The van der Waals surface area contributed by atoms with E-state index in [1.807, 2.05) is 0 Å². The first-order valence-electron chi connectivity index (χ1n) is 3.77. The molecule has 13 heavy (non-hydrogen) atoms. The third-order valence-corrected chi connectivity index (χ3v) is 1.53. The van der Waals surface area contributed by atoms with Gasteiger partial charge in [-0.15, -0.1) is 11.6 Å². The summed E-state index contributed by atoms with van der Waals surface area (Å²) >= 11 is 5.39. The maximum Gasteiger partial charge on any atom is 0.178 e. The van der Waals surface area contributed by atoms with Gasteiger partial charge in [-0.05, 0) is 18.1 Å². The van der Waals surface area contributed by atoms with E-state index in [0.717, 1.165) is 0 Å². The lowest BCUT2D eigenvalue weighted by atomic mass is 10.2. The molecule has 1 heterocycles. The van der Waals surface area contributed by atoms with Crippen molar-refractivity contribution in [1.82, 2.24) is 4.98 Å². The predicted molar refractivity (Wildman–Crippen MR) is 51.8 cm³/mol. The summed E-state index contributed by atoms with van der Waals surface area (Å²) in [5.74, 6) is 5.63. The zero-order valence-electron chi connectivity index (χ0n) is 7.17. The molecule has 66 valence electrons. The maximum absolute atomic E-state index is 10.9. The highest BCUT2D eigenvalue weighted by Crippen LogP contribution is 1.98. The summed E-state index contributed by atoms with van der Waals surface area (Å²) in [6.07, 6.45) is 0. The molecule has 0 saturated carbocycles. The Bertz CT molecular complexity index is 376. The third kappa shape index (κ3) is 2.89. The van der Waals surface area contributed by atoms with Crippen molar-refractivity contribution in [3.63, 3.8) is 0 Å². The summed E-state index contributed by atoms with van der Waals surface area (Å²) < 4.78 is 0. The van der Waals surface area contributed by atoms with E-state index in [1.54, 1.807) is 18.2 Å². The van der Waals surface area contributed by atoms with Gasteiger partial charge in [0.05, 0.1) is 5.88 Å². The fourth-order valence-corrected chi connectivity index (χ4v) is 0.891. The summed E-state index contributed by atoms with van der Waals surface area (Å²) in [5, 5.41) is 0. The SMILES string of the molecule is CC(=O)c1cccc(C#CCCl)n1. The van der Waals surface area contributed by atoms with Gasteiger partial charge in [0.25, 0.3) is 0 Å². The van der Waals surface area contributed by atoms with Crippen LogP contribution in [0.4, 0.5) is 0 Å². The van der Waals surface area contributed by atoms with Gasteiger partial charge in [-0.25, -0.2) is 4.98 Å². The number of Topliss-reactive ketones (excluding diaryl/α,β-unsaturated/α-hetero) is 1. The van der Waals surface area contributed by atoms with Gasteiger partial charge in [0.15, 0.2) is 5.78 Å². The average molecular weight is 194 g/mol. The monoisotopic (exact) mass is 193 g/mol. The average Bonchev–Trinajstić information content (AvgIpc) is 2.15. The summed E-state index contributed by atoms with van der Waals surface area (Å²) in [6, 6.07) is 5.15. The van der Waals surface area contributed by atoms with Crippen LogP contribution in [0.25, 0.3) is 0 Å². The fraction of sp³-hybridized carbons (Fsp3) is 0.200. The van der Waals surface area contributed by atoms with Crippen LogP contribution in [0.15, 0.2) is 18.2 Å². The van der Waals surface area contributed by atoms with Gasteiger partial charge in [-0.2, -0.15) is 0 Å². The lowest BCUT2D eigenvalue weighted by Gasteiger charge is -1.93. The molecule has 0 aromatic carbocycles. The molecule has 0 aliphatic carbocycles. The van der Waals surface area contributed by atoms with Gasteiger partial charge in [0.1, 0.15) is 11.4 Å². The number of aromatic nitrogens is 1. The molecule has 0 fully saturated rings. The third-order valence-electron chi connectivity index (χ3n) is 1.39. The quantitative estimate of drug-likeness (QED) is 0.387. The number of rotatable bonds is 1. The van der Waals surface area contributed by atoms with Gasteiger partial charge in [-0.1, -0.05) is 12.0 Å². The Labute approximate surface area is 81.9 Å². The number of alkyl halides is 1. The highest BCUT2D eigenvalue weighted by Gasteiger charge is 1.99. The molecular formula is C10H8ClNO. The Kier molecular flexibility index (Phi) is 3.48. The number of ketones is 1. The number of nitrogens with zero attached hydrogens (tertiary/aromatic N) is 1. The Hall–Kier alpha value is -1.33. The van der Waals surface area contributed by atoms with Gasteiger partial charge in [0, 0.05) is 6.92 Å². The second-order valence-corrected chi connectivity index (χ2v) is 2.67. The van der Waals surface area contributed by atoms with Gasteiger partial charge in [0.2, 0.25) is 0 Å². The normalized spacial score (nSPS) is 8.77. The summed E-state index contributed by atoms with van der Waals surface area (Å²) in [7, 11) is 0. The van der Waals surface area contributed by atoms with E-state index < -0.39 is 0 Å². The van der Waals surface area contributed by atoms with Crippen LogP contribution < -0.4 is 0 Å². The highest BCUT2D eigenvalue weighted by atomic mass is 35.5. The molecule has 0 radical (unpaired) electrons. The highest BCUT2D eigenvalue weighted by molar-refractivity contribution is 6.19. The van der Waals surface area contributed by atoms with E-state index in [-0.39, 0.29) is 11.7 Å². The van der Waals surface area contributed by atoms with Crippen LogP contribution in [0.1, 0.15) is 23.1 Å². The van der Waals surface area contributed by atoms with Gasteiger partial charge in [-0.3, -0.25) is 4.79 Å². The smallest absolute Gasteiger partial charge is 0.178 e. The minimum Gasteiger partial charge on any atom is -0.293 e. The summed E-state index contributed by atoms with van der Waals surface area (Å²) in [5.41, 5.74) is 1.01. The van der Waals surface area contributed by atoms with E-state index in [9.17, 15) is 4.79 Å². The molecule has 1 aromatic heterocycles. The molecule has 0 saturated heterocycles. The molecule has 0 bridgehead atoms. The molecule has 0 N–H and O–H groups in total. The van der Waals surface area contributed by atoms with Gasteiger partial charge < -0.3 is 0 Å². The lowest BCUT2D eigenvalue weighted by molar-refractivity contribution is 0.101. The summed E-state index contributed by atoms with van der Waals surface area (Å²) in [6.45, 7) is 1.47. The molecule has 1 rings (SSSR count). The first kappa shape index (κ1) is 9.76. The first-order chi connectivity index (χ1) is 6.24. The number of hydrogen-bond acceptors (Lipinski definition) is 2. The predicted octanol–water partition coefficient (Wildman–Crippen LogP) is 1.87. The molecule has 0 amide bonds. The largest absolute Gasteiger partial charge is 0.293 e. The van der Waals surface area contributed by atoms with Crippen molar-refractivity contribution in [1.29, 1.82) is 0 Å². The Morgan fingerprint density at radius 2 is 2.38 bits per heavy atom. The lowest BCUT2D eigenvalue weighted by Crippen LogP contribution is -1.97. The van der Waals surface area contributed by atoms with Crippen LogP contribution in [0.3, 0.4) is 0 Å². The molecule has 0 aliphatic heterocycles. The van der Waals surface area contributed by atoms with Crippen LogP contribution in [-0.4, -0.2) is 16.6 Å². The molecule has 3 heteroatoms. The van der Waals surface area contributed by atoms with E-state index in [1.165, 1.54) is 6.92 Å². The molecule has 2 nitrogen and oxygen atoms in total. The van der Waals surface area contributed by atoms with Crippen molar-refractivity contribution in [2.75, 3.05) is 5.88 Å². The second kappa shape index (κ2) is 4.64. The van der Waals surface area contributed by atoms with Crippen LogP contribution in [0.5, 0.6) is 0 Å². The van der Waals surface area contributed by atoms with E-state index >= 15 is 0 Å². The van der Waals surface area contributed by atoms with Crippen molar-refractivity contribution in [3.05, 3.63) is 29.6 Å². The van der Waals surface area contributed by atoms with Crippen molar-refractivity contribution in [3.8, 4) is 11.8 Å². The van der Waals surface area contributed by atoms with E-state index in [4.69, 9.17) is 11.6 Å². The number of carbonyl (C=O) groups excluding carboxylic acids is 1. The van der Waals surface area contributed by atoms with Gasteiger partial charge >= 0.3 is 0 Å². The number of hydrogen-bond donors (Lipinski definition) is 0. The standard InChI is InChI=1S/C10H8ClNO/c1-8(13)10-6-2-4-9(12-10)5-3-7-11/h2,4,6H,7H2,1H3. The van der Waals surface area contributed by atoms with Crippen LogP contribution in [0.2, 0.25) is 0 Å². The zero-order valence-corrected chi connectivity index (χ0v) is 7.93. The molecule has 0 atom stereocenters. The minimum atomic E-state index is -0.0606. The van der Waals surface area contributed by atoms with Crippen molar-refractivity contribution in [2.45, 2.75) is 6.92 Å². The van der Waals surface area contributed by atoms with E-state index in [2.05, 4.69) is 16.8 Å². The van der Waals surface area contributed by atoms with Crippen molar-refractivity contribution >= 4 is 17.4 Å². The number of halogens is 1. The minimum absolute atomic E-state index is 0.0606. The molecular weight excluding hydrogens is 186 g/mol. The van der Waals surface area contributed by atoms with Crippen LogP contribution >= 0.6 is 11.6 Å². The second-order valence-electron chi connectivity index (χ2n) is 2.40. The number of pyridine rings is 1. The van der Waals surface area contributed by atoms with Crippen molar-refractivity contribution < 1.29 is 4.79 Å². The Morgan fingerprint density at radius 3 is 3.00 bits per heavy atom. The van der Waals surface area contributed by atoms with Crippen LogP contribution in [-0.2, 0) is 0 Å². The summed E-state index contributed by atoms with van der Waals surface area (Å²) in [4.78, 5) is 15.0. The Balaban J connectivity index is 2.98. The first-order valence-corrected chi connectivity index (χ1v) is 4.30. The fourth-order valence-electron chi connectivity index (χ4n) is 0.824. The Morgan fingerprint density at radius 1 is 1.62 bits per heavy atom. The molecule has 1 aromatic rings. The molecule has 0 unspecified atom stereocenters. The van der Waals surface area contributed by atoms with Crippen molar-refractivity contribution in [2.24, 2.45) is 0 Å². The zero-order chi connectivity index (χ0) is 9.68.